The SMILES string of the molecule is CCC1NC(CC(C)C)N(CC2CCCCS2)C1=O. The summed E-state index contributed by atoms with van der Waals surface area (Å²) in [5.74, 6) is 2.23. The van der Waals surface area contributed by atoms with Gasteiger partial charge in [0.05, 0.1) is 12.2 Å². The summed E-state index contributed by atoms with van der Waals surface area (Å²) in [6, 6.07) is 0.0531. The van der Waals surface area contributed by atoms with Crippen molar-refractivity contribution in [3.05, 3.63) is 0 Å². The number of thioether (sulfide) groups is 1. The summed E-state index contributed by atoms with van der Waals surface area (Å²) in [4.78, 5) is 14.6. The first-order valence-corrected chi connectivity index (χ1v) is 8.84. The molecule has 1 N–H and O–H groups in total. The van der Waals surface area contributed by atoms with Crippen LogP contribution in [0.5, 0.6) is 0 Å². The number of nitrogens with one attached hydrogen (secondary N) is 1. The van der Waals surface area contributed by atoms with Gasteiger partial charge in [0.15, 0.2) is 0 Å². The van der Waals surface area contributed by atoms with Crippen molar-refractivity contribution in [3.63, 3.8) is 0 Å². The number of carbonyl (C=O) groups excluding carboxylic acids is 1. The van der Waals surface area contributed by atoms with Crippen molar-refractivity contribution >= 4 is 17.7 Å². The summed E-state index contributed by atoms with van der Waals surface area (Å²) in [5, 5.41) is 4.19. The molecule has 3 nitrogen and oxygen atoms in total. The highest BCUT2D eigenvalue weighted by molar-refractivity contribution is 7.99. The van der Waals surface area contributed by atoms with Gasteiger partial charge in [-0.05, 0) is 37.4 Å². The fourth-order valence-corrected chi connectivity index (χ4v) is 4.37. The number of carbonyl (C=O) groups is 1. The van der Waals surface area contributed by atoms with Gasteiger partial charge < -0.3 is 4.90 Å². The Hall–Kier alpha value is -0.220. The Kier molecular flexibility index (Phi) is 5.58. The number of hydrogen-bond acceptors (Lipinski definition) is 3. The third kappa shape index (κ3) is 3.88. The van der Waals surface area contributed by atoms with Crippen LogP contribution in [0.3, 0.4) is 0 Å². The van der Waals surface area contributed by atoms with E-state index in [1.54, 1.807) is 0 Å². The van der Waals surface area contributed by atoms with Gasteiger partial charge in [0.2, 0.25) is 5.91 Å². The Balaban J connectivity index is 1.98. The van der Waals surface area contributed by atoms with E-state index >= 15 is 0 Å². The Morgan fingerprint density at radius 3 is 2.79 bits per heavy atom. The van der Waals surface area contributed by atoms with Gasteiger partial charge in [-0.3, -0.25) is 10.1 Å². The molecule has 2 fully saturated rings. The lowest BCUT2D eigenvalue weighted by Crippen LogP contribution is -2.42. The molecule has 2 heterocycles. The van der Waals surface area contributed by atoms with E-state index in [9.17, 15) is 4.79 Å². The maximum absolute atomic E-state index is 12.5. The second-order valence-corrected chi connectivity index (χ2v) is 7.66. The average molecular weight is 284 g/mol. The molecule has 0 aromatic rings. The Morgan fingerprint density at radius 2 is 2.21 bits per heavy atom. The van der Waals surface area contributed by atoms with Gasteiger partial charge in [-0.25, -0.2) is 0 Å². The number of hydrogen-bond donors (Lipinski definition) is 1. The molecule has 2 aliphatic heterocycles. The first kappa shape index (κ1) is 15.2. The summed E-state index contributed by atoms with van der Waals surface area (Å²) in [5.41, 5.74) is 0. The molecular formula is C15H28N2OS. The third-order valence-corrected chi connectivity index (χ3v) is 5.51. The lowest BCUT2D eigenvalue weighted by atomic mass is 10.1. The van der Waals surface area contributed by atoms with Gasteiger partial charge in [-0.15, -0.1) is 0 Å². The summed E-state index contributed by atoms with van der Waals surface area (Å²) < 4.78 is 0. The smallest absolute Gasteiger partial charge is 0.241 e. The van der Waals surface area contributed by atoms with Crippen LogP contribution in [0.1, 0.15) is 52.9 Å². The molecule has 2 saturated heterocycles. The predicted molar refractivity (Wildman–Crippen MR) is 82.3 cm³/mol. The van der Waals surface area contributed by atoms with E-state index in [2.05, 4.69) is 42.7 Å². The molecule has 0 bridgehead atoms. The van der Waals surface area contributed by atoms with E-state index in [1.807, 2.05) is 0 Å². The van der Waals surface area contributed by atoms with Gasteiger partial charge in [-0.1, -0.05) is 27.2 Å². The van der Waals surface area contributed by atoms with Crippen LogP contribution in [-0.4, -0.2) is 40.6 Å². The van der Waals surface area contributed by atoms with Crippen molar-refractivity contribution in [2.75, 3.05) is 12.3 Å². The lowest BCUT2D eigenvalue weighted by Gasteiger charge is -2.31. The maximum Gasteiger partial charge on any atom is 0.241 e. The molecule has 0 aromatic heterocycles. The summed E-state index contributed by atoms with van der Waals surface area (Å²) in [6.45, 7) is 7.52. The molecule has 3 unspecified atom stereocenters. The van der Waals surface area contributed by atoms with Crippen LogP contribution < -0.4 is 5.32 Å². The maximum atomic E-state index is 12.5. The van der Waals surface area contributed by atoms with Gasteiger partial charge in [0.1, 0.15) is 0 Å². The Bertz CT molecular complexity index is 303. The second kappa shape index (κ2) is 6.98. The van der Waals surface area contributed by atoms with E-state index in [0.29, 0.717) is 17.1 Å². The van der Waals surface area contributed by atoms with E-state index in [-0.39, 0.29) is 12.2 Å². The molecule has 3 atom stereocenters. The lowest BCUT2D eigenvalue weighted by molar-refractivity contribution is -0.130. The standard InChI is InChI=1S/C15H28N2OS/c1-4-13-15(18)17(14(16-13)9-11(2)3)10-12-7-5-6-8-19-12/h11-14,16H,4-10H2,1-3H3. The van der Waals surface area contributed by atoms with Crippen LogP contribution in [0.15, 0.2) is 0 Å². The number of nitrogens with zero attached hydrogens (tertiary/aromatic N) is 1. The minimum absolute atomic E-state index is 0.0531. The zero-order chi connectivity index (χ0) is 13.8. The van der Waals surface area contributed by atoms with Crippen molar-refractivity contribution in [2.45, 2.75) is 70.3 Å². The first-order chi connectivity index (χ1) is 9.11. The highest BCUT2D eigenvalue weighted by atomic mass is 32.2. The van der Waals surface area contributed by atoms with E-state index in [0.717, 1.165) is 19.4 Å². The van der Waals surface area contributed by atoms with Crippen LogP contribution >= 0.6 is 11.8 Å². The normalized spacial score (nSPS) is 32.3. The predicted octanol–water partition coefficient (Wildman–Crippen LogP) is 2.85. The molecule has 0 aliphatic carbocycles. The number of rotatable bonds is 5. The Morgan fingerprint density at radius 1 is 1.42 bits per heavy atom. The van der Waals surface area contributed by atoms with Crippen molar-refractivity contribution in [1.82, 2.24) is 10.2 Å². The van der Waals surface area contributed by atoms with Crippen LogP contribution in [0.4, 0.5) is 0 Å². The topological polar surface area (TPSA) is 32.3 Å². The molecule has 2 rings (SSSR count). The van der Waals surface area contributed by atoms with Gasteiger partial charge in [0, 0.05) is 11.8 Å². The molecular weight excluding hydrogens is 256 g/mol. The number of amides is 1. The molecule has 0 spiro atoms. The average Bonchev–Trinajstić information content (AvgIpc) is 2.67. The van der Waals surface area contributed by atoms with Crippen LogP contribution in [-0.2, 0) is 4.79 Å². The minimum atomic E-state index is 0.0531. The van der Waals surface area contributed by atoms with Crippen molar-refractivity contribution in [3.8, 4) is 0 Å². The van der Waals surface area contributed by atoms with Crippen LogP contribution in [0.2, 0.25) is 0 Å². The summed E-state index contributed by atoms with van der Waals surface area (Å²) >= 11 is 2.06. The highest BCUT2D eigenvalue weighted by Crippen LogP contribution is 2.28. The molecule has 0 aromatic carbocycles. The second-order valence-electron chi connectivity index (χ2n) is 6.25. The van der Waals surface area contributed by atoms with Crippen LogP contribution in [0.25, 0.3) is 0 Å². The monoisotopic (exact) mass is 284 g/mol. The van der Waals surface area contributed by atoms with Crippen molar-refractivity contribution < 1.29 is 4.79 Å². The fourth-order valence-electron chi connectivity index (χ4n) is 3.07. The van der Waals surface area contributed by atoms with Gasteiger partial charge in [0.25, 0.3) is 0 Å². The molecule has 1 amide bonds. The summed E-state index contributed by atoms with van der Waals surface area (Å²) in [6.07, 6.45) is 6.19. The zero-order valence-electron chi connectivity index (χ0n) is 12.5. The van der Waals surface area contributed by atoms with Crippen LogP contribution in [0, 0.1) is 5.92 Å². The first-order valence-electron chi connectivity index (χ1n) is 7.80. The molecule has 19 heavy (non-hydrogen) atoms. The molecule has 0 radical (unpaired) electrons. The van der Waals surface area contributed by atoms with Gasteiger partial charge in [-0.2, -0.15) is 11.8 Å². The molecule has 0 saturated carbocycles. The molecule has 4 heteroatoms. The zero-order valence-corrected chi connectivity index (χ0v) is 13.3. The molecule has 110 valence electrons. The quantitative estimate of drug-likeness (QED) is 0.842. The fraction of sp³-hybridized carbons (Fsp3) is 0.933. The highest BCUT2D eigenvalue weighted by Gasteiger charge is 2.38. The van der Waals surface area contributed by atoms with Crippen molar-refractivity contribution in [2.24, 2.45) is 5.92 Å². The molecule has 2 aliphatic rings. The minimum Gasteiger partial charge on any atom is -0.325 e. The van der Waals surface area contributed by atoms with Crippen molar-refractivity contribution in [1.29, 1.82) is 0 Å². The van der Waals surface area contributed by atoms with E-state index in [1.165, 1.54) is 25.0 Å². The van der Waals surface area contributed by atoms with E-state index in [4.69, 9.17) is 0 Å². The third-order valence-electron chi connectivity index (χ3n) is 4.13. The largest absolute Gasteiger partial charge is 0.325 e. The van der Waals surface area contributed by atoms with Gasteiger partial charge >= 0.3 is 0 Å². The Labute approximate surface area is 121 Å². The summed E-state index contributed by atoms with van der Waals surface area (Å²) in [7, 11) is 0. The van der Waals surface area contributed by atoms with E-state index < -0.39 is 0 Å².